The molecule has 0 radical (unpaired) electrons. The zero-order valence-corrected chi connectivity index (χ0v) is 16.4. The third kappa shape index (κ3) is 4.60. The lowest BCUT2D eigenvalue weighted by atomic mass is 10.1. The predicted octanol–water partition coefficient (Wildman–Crippen LogP) is 4.07. The van der Waals surface area contributed by atoms with E-state index in [-0.39, 0.29) is 12.1 Å². The number of aromatic nitrogens is 3. The van der Waals surface area contributed by atoms with E-state index in [2.05, 4.69) is 16.4 Å². The van der Waals surface area contributed by atoms with Crippen molar-refractivity contribution in [1.82, 2.24) is 19.9 Å². The first-order valence-corrected chi connectivity index (χ1v) is 9.79. The Kier molecular flexibility index (Phi) is 5.81. The normalized spacial score (nSPS) is 16.2. The number of nitrogens with zero attached hydrogens (tertiary/aromatic N) is 4. The minimum Gasteiger partial charge on any atom is -0.374 e. The molecule has 0 N–H and O–H groups in total. The summed E-state index contributed by atoms with van der Waals surface area (Å²) in [6.45, 7) is 3.63. The molecule has 0 saturated carbocycles. The smallest absolute Gasteiger partial charge is 0.346 e. The summed E-state index contributed by atoms with van der Waals surface area (Å²) in [5.74, 6) is 0. The van der Waals surface area contributed by atoms with E-state index in [0.717, 1.165) is 17.5 Å². The number of carbonyl (C=O) groups excluding carboxylic acids is 1. The second kappa shape index (κ2) is 8.84. The minimum absolute atomic E-state index is 0.119. The highest BCUT2D eigenvalue weighted by molar-refractivity contribution is 5.77. The first-order valence-electron chi connectivity index (χ1n) is 9.79. The molecule has 6 heteroatoms. The third-order valence-corrected chi connectivity index (χ3v) is 4.98. The van der Waals surface area contributed by atoms with Crippen molar-refractivity contribution in [2.24, 2.45) is 0 Å². The van der Waals surface area contributed by atoms with Crippen LogP contribution < -0.4 is 0 Å². The lowest BCUT2D eigenvalue weighted by Gasteiger charge is -2.31. The molecule has 2 aromatic carbocycles. The van der Waals surface area contributed by atoms with Crippen LogP contribution in [-0.2, 0) is 11.3 Å². The SMILES string of the molecule is Cc1ccc(-c2cn(C(=O)N3CCC=CC3COCc3ccccc3)nn2)cc1. The van der Waals surface area contributed by atoms with Gasteiger partial charge in [0.1, 0.15) is 5.69 Å². The molecule has 1 amide bonds. The van der Waals surface area contributed by atoms with Gasteiger partial charge in [0.25, 0.3) is 0 Å². The quantitative estimate of drug-likeness (QED) is 0.618. The fourth-order valence-electron chi connectivity index (χ4n) is 3.34. The van der Waals surface area contributed by atoms with Crippen LogP contribution in [0.15, 0.2) is 72.9 Å². The van der Waals surface area contributed by atoms with Gasteiger partial charge in [-0.1, -0.05) is 77.5 Å². The van der Waals surface area contributed by atoms with Crippen LogP contribution >= 0.6 is 0 Å². The van der Waals surface area contributed by atoms with Crippen molar-refractivity contribution in [3.05, 3.63) is 84.1 Å². The number of benzene rings is 2. The number of hydrogen-bond acceptors (Lipinski definition) is 4. The van der Waals surface area contributed by atoms with Crippen molar-refractivity contribution in [1.29, 1.82) is 0 Å². The molecular weight excluding hydrogens is 364 g/mol. The molecule has 0 fully saturated rings. The van der Waals surface area contributed by atoms with Crippen LogP contribution in [0.2, 0.25) is 0 Å². The lowest BCUT2D eigenvalue weighted by Crippen LogP contribution is -2.46. The maximum Gasteiger partial charge on any atom is 0.346 e. The van der Waals surface area contributed by atoms with Crippen molar-refractivity contribution >= 4 is 6.03 Å². The van der Waals surface area contributed by atoms with Crippen LogP contribution in [0, 0.1) is 6.92 Å². The zero-order valence-electron chi connectivity index (χ0n) is 16.4. The fourth-order valence-corrected chi connectivity index (χ4v) is 3.34. The van der Waals surface area contributed by atoms with Crippen LogP contribution in [0.25, 0.3) is 11.3 Å². The Bertz CT molecular complexity index is 980. The molecule has 6 nitrogen and oxygen atoms in total. The van der Waals surface area contributed by atoms with Gasteiger partial charge in [-0.25, -0.2) is 4.79 Å². The first-order chi connectivity index (χ1) is 14.2. The van der Waals surface area contributed by atoms with E-state index in [0.29, 0.717) is 25.5 Å². The summed E-state index contributed by atoms with van der Waals surface area (Å²) >= 11 is 0. The molecule has 0 bridgehead atoms. The Morgan fingerprint density at radius 2 is 1.93 bits per heavy atom. The van der Waals surface area contributed by atoms with Crippen molar-refractivity contribution in [3.8, 4) is 11.3 Å². The molecule has 1 aromatic heterocycles. The molecule has 1 atom stereocenters. The average molecular weight is 388 g/mol. The van der Waals surface area contributed by atoms with Gasteiger partial charge in [0, 0.05) is 12.1 Å². The van der Waals surface area contributed by atoms with Gasteiger partial charge in [-0.05, 0) is 18.9 Å². The van der Waals surface area contributed by atoms with E-state index in [4.69, 9.17) is 4.74 Å². The number of hydrogen-bond donors (Lipinski definition) is 0. The van der Waals surface area contributed by atoms with Gasteiger partial charge in [-0.2, -0.15) is 4.68 Å². The van der Waals surface area contributed by atoms with Crippen molar-refractivity contribution < 1.29 is 9.53 Å². The molecule has 1 aliphatic heterocycles. The Balaban J connectivity index is 1.42. The Morgan fingerprint density at radius 1 is 1.14 bits per heavy atom. The van der Waals surface area contributed by atoms with Crippen molar-refractivity contribution in [3.63, 3.8) is 0 Å². The van der Waals surface area contributed by atoms with Crippen molar-refractivity contribution in [2.45, 2.75) is 26.0 Å². The largest absolute Gasteiger partial charge is 0.374 e. The van der Waals surface area contributed by atoms with Gasteiger partial charge in [-0.15, -0.1) is 5.10 Å². The topological polar surface area (TPSA) is 60.2 Å². The summed E-state index contributed by atoms with van der Waals surface area (Å²) in [7, 11) is 0. The molecule has 2 heterocycles. The number of rotatable bonds is 5. The van der Waals surface area contributed by atoms with E-state index in [9.17, 15) is 4.79 Å². The highest BCUT2D eigenvalue weighted by Crippen LogP contribution is 2.18. The number of amides is 1. The maximum atomic E-state index is 13.0. The molecule has 0 saturated heterocycles. The Morgan fingerprint density at radius 3 is 2.72 bits per heavy atom. The van der Waals surface area contributed by atoms with Crippen LogP contribution in [0.5, 0.6) is 0 Å². The van der Waals surface area contributed by atoms with Gasteiger partial charge >= 0.3 is 6.03 Å². The summed E-state index contributed by atoms with van der Waals surface area (Å²) in [5.41, 5.74) is 3.92. The molecule has 29 heavy (non-hydrogen) atoms. The molecule has 4 rings (SSSR count). The Labute approximate surface area is 170 Å². The molecule has 1 unspecified atom stereocenters. The fraction of sp³-hybridized carbons (Fsp3) is 0.261. The van der Waals surface area contributed by atoms with E-state index in [1.54, 1.807) is 11.1 Å². The first kappa shape index (κ1) is 19.1. The van der Waals surface area contributed by atoms with Gasteiger partial charge in [0.15, 0.2) is 0 Å². The van der Waals surface area contributed by atoms with Crippen LogP contribution in [0.4, 0.5) is 4.79 Å². The second-order valence-electron chi connectivity index (χ2n) is 7.18. The molecule has 0 aliphatic carbocycles. The molecule has 148 valence electrons. The van der Waals surface area contributed by atoms with Crippen LogP contribution in [0.1, 0.15) is 17.5 Å². The number of ether oxygens (including phenoxy) is 1. The van der Waals surface area contributed by atoms with Gasteiger partial charge in [0.2, 0.25) is 0 Å². The van der Waals surface area contributed by atoms with Crippen LogP contribution in [0.3, 0.4) is 0 Å². The van der Waals surface area contributed by atoms with E-state index >= 15 is 0 Å². The molecule has 3 aromatic rings. The van der Waals surface area contributed by atoms with Crippen LogP contribution in [-0.4, -0.2) is 45.1 Å². The predicted molar refractivity (Wildman–Crippen MR) is 111 cm³/mol. The zero-order chi connectivity index (χ0) is 20.1. The summed E-state index contributed by atoms with van der Waals surface area (Å²) in [5, 5.41) is 8.24. The summed E-state index contributed by atoms with van der Waals surface area (Å²) < 4.78 is 7.19. The van der Waals surface area contributed by atoms with Gasteiger partial charge < -0.3 is 9.64 Å². The standard InChI is InChI=1S/C23H24N4O2/c1-18-10-12-20(13-11-18)22-15-27(25-24-22)23(28)26-14-6-5-9-21(26)17-29-16-19-7-3-2-4-8-19/h2-5,7-13,15,21H,6,14,16-17H2,1H3. The summed E-state index contributed by atoms with van der Waals surface area (Å²) in [6.07, 6.45) is 6.64. The molecule has 1 aliphatic rings. The highest BCUT2D eigenvalue weighted by atomic mass is 16.5. The lowest BCUT2D eigenvalue weighted by molar-refractivity contribution is 0.0748. The van der Waals surface area contributed by atoms with Crippen molar-refractivity contribution in [2.75, 3.05) is 13.2 Å². The van der Waals surface area contributed by atoms with E-state index in [1.807, 2.05) is 67.6 Å². The third-order valence-electron chi connectivity index (χ3n) is 4.98. The maximum absolute atomic E-state index is 13.0. The van der Waals surface area contributed by atoms with E-state index in [1.165, 1.54) is 10.2 Å². The van der Waals surface area contributed by atoms with Gasteiger partial charge in [-0.3, -0.25) is 0 Å². The average Bonchev–Trinajstić information content (AvgIpc) is 3.25. The van der Waals surface area contributed by atoms with E-state index < -0.39 is 0 Å². The second-order valence-corrected chi connectivity index (χ2v) is 7.18. The number of aryl methyl sites for hydroxylation is 1. The van der Waals surface area contributed by atoms with Gasteiger partial charge in [0.05, 0.1) is 25.5 Å². The minimum atomic E-state index is -0.187. The highest BCUT2D eigenvalue weighted by Gasteiger charge is 2.26. The molecule has 0 spiro atoms. The summed E-state index contributed by atoms with van der Waals surface area (Å²) in [6, 6.07) is 17.7. The number of carbonyl (C=O) groups is 1. The summed E-state index contributed by atoms with van der Waals surface area (Å²) in [4.78, 5) is 14.8. The Hall–Kier alpha value is -3.25. The monoisotopic (exact) mass is 388 g/mol. The molecular formula is C23H24N4O2.